The molecule has 5 heterocycles. The molecule has 10 nitrogen and oxygen atoms in total. The van der Waals surface area contributed by atoms with E-state index in [0.717, 1.165) is 33.0 Å². The van der Waals surface area contributed by atoms with Crippen LogP contribution in [0.3, 0.4) is 0 Å². The molecule has 0 saturated carbocycles. The van der Waals surface area contributed by atoms with Gasteiger partial charge >= 0.3 is 5.97 Å². The van der Waals surface area contributed by atoms with Crippen LogP contribution in [-0.2, 0) is 4.29 Å². The van der Waals surface area contributed by atoms with Gasteiger partial charge in [0.05, 0.1) is 5.56 Å². The Balaban J connectivity index is 1.51. The van der Waals surface area contributed by atoms with E-state index in [9.17, 15) is 4.79 Å². The SMILES string of the molecule is O=C(OCl)c1cccc2c3nc4nc(nc5[nH]c(nc6nc(nc([nH]3)c12)-c1ccccc1-6)c1ccccc51)-c1ccccc1-4. The van der Waals surface area contributed by atoms with Crippen LogP contribution in [0.25, 0.3) is 89.7 Å². The molecular weight excluding hydrogens is 576 g/mol. The first-order valence-electron chi connectivity index (χ1n) is 13.7. The standard InChI is InChI=1S/C33H17ClN8O2/c34-44-33(43)23-15-7-14-22-24(23)32-41-30-21-13-6-5-12-20(21)28(39-30)37-26-17-9-2-1-8-16(17)25(35-26)36-27-18-10-3-4-11-19(18)29(38-27)40-31(22)42-32/h1-15H,(H2,35,36,37,38,39,40,41,42). The van der Waals surface area contributed by atoms with Crippen LogP contribution in [0.4, 0.5) is 0 Å². The molecule has 0 unspecified atom stereocenters. The first-order valence-corrected chi connectivity index (χ1v) is 14.0. The molecule has 0 fully saturated rings. The van der Waals surface area contributed by atoms with Gasteiger partial charge in [-0.25, -0.2) is 34.7 Å². The molecule has 4 aromatic carbocycles. The lowest BCUT2D eigenvalue weighted by molar-refractivity contribution is 0.0753. The molecule has 0 aliphatic carbocycles. The maximum absolute atomic E-state index is 12.8. The fourth-order valence-electron chi connectivity index (χ4n) is 5.90. The van der Waals surface area contributed by atoms with Gasteiger partial charge < -0.3 is 14.3 Å². The van der Waals surface area contributed by atoms with Crippen molar-refractivity contribution in [3.8, 4) is 45.6 Å². The van der Waals surface area contributed by atoms with Crippen molar-refractivity contribution in [3.05, 3.63) is 96.6 Å². The molecule has 0 saturated heterocycles. The van der Waals surface area contributed by atoms with Gasteiger partial charge in [0.25, 0.3) is 0 Å². The number of H-pyrrole nitrogens is 2. The number of fused-ring (bicyclic) bond motifs is 20. The van der Waals surface area contributed by atoms with Crippen LogP contribution in [0.2, 0.25) is 0 Å². The van der Waals surface area contributed by atoms with Crippen molar-refractivity contribution >= 4 is 62.0 Å². The van der Waals surface area contributed by atoms with E-state index in [1.54, 1.807) is 12.1 Å². The predicted molar refractivity (Wildman–Crippen MR) is 167 cm³/mol. The molecule has 2 aliphatic rings. The highest BCUT2D eigenvalue weighted by Gasteiger charge is 2.23. The van der Waals surface area contributed by atoms with E-state index >= 15 is 0 Å². The summed E-state index contributed by atoms with van der Waals surface area (Å²) in [6.45, 7) is 0. The summed E-state index contributed by atoms with van der Waals surface area (Å²) in [4.78, 5) is 49.1. The van der Waals surface area contributed by atoms with Crippen molar-refractivity contribution < 1.29 is 9.08 Å². The Morgan fingerprint density at radius 2 is 0.909 bits per heavy atom. The van der Waals surface area contributed by atoms with Gasteiger partial charge in [0.15, 0.2) is 23.3 Å². The van der Waals surface area contributed by atoms with Crippen molar-refractivity contribution in [1.82, 2.24) is 39.9 Å². The number of aromatic amines is 2. The van der Waals surface area contributed by atoms with Crippen LogP contribution < -0.4 is 0 Å². The molecule has 0 spiro atoms. The summed E-state index contributed by atoms with van der Waals surface area (Å²) in [7, 11) is 0. The van der Waals surface area contributed by atoms with E-state index in [2.05, 4.69) is 14.3 Å². The number of benzene rings is 4. The van der Waals surface area contributed by atoms with Gasteiger partial charge in [-0.3, -0.25) is 0 Å². The highest BCUT2D eigenvalue weighted by molar-refractivity contribution is 6.21. The number of nitrogens with one attached hydrogen (secondary N) is 2. The molecule has 8 bridgehead atoms. The van der Waals surface area contributed by atoms with Gasteiger partial charge in [-0.05, 0) is 6.07 Å². The second-order valence-electron chi connectivity index (χ2n) is 10.3. The van der Waals surface area contributed by atoms with E-state index in [1.807, 2.05) is 78.9 Å². The average Bonchev–Trinajstić information content (AvgIpc) is 3.80. The minimum Gasteiger partial charge on any atom is -0.343 e. The van der Waals surface area contributed by atoms with E-state index < -0.39 is 5.97 Å². The average molecular weight is 593 g/mol. The lowest BCUT2D eigenvalue weighted by atomic mass is 10.1. The zero-order chi connectivity index (χ0) is 29.4. The van der Waals surface area contributed by atoms with Crippen LogP contribution in [0, 0.1) is 0 Å². The smallest absolute Gasteiger partial charge is 0.343 e. The number of rotatable bonds is 1. The van der Waals surface area contributed by atoms with E-state index in [-0.39, 0.29) is 5.56 Å². The molecule has 3 aromatic heterocycles. The molecule has 2 aliphatic heterocycles. The van der Waals surface area contributed by atoms with E-state index in [0.29, 0.717) is 56.7 Å². The Morgan fingerprint density at radius 3 is 1.41 bits per heavy atom. The third kappa shape index (κ3) is 3.58. The number of carbonyl (C=O) groups is 1. The fraction of sp³-hybridized carbons (Fsp3) is 0. The maximum Gasteiger partial charge on any atom is 0.357 e. The van der Waals surface area contributed by atoms with Crippen LogP contribution in [0.5, 0.6) is 0 Å². The highest BCUT2D eigenvalue weighted by atomic mass is 35.5. The van der Waals surface area contributed by atoms with Crippen molar-refractivity contribution in [1.29, 1.82) is 0 Å². The summed E-state index contributed by atoms with van der Waals surface area (Å²) in [5.41, 5.74) is 5.57. The highest BCUT2D eigenvalue weighted by Crippen LogP contribution is 2.37. The quantitative estimate of drug-likeness (QED) is 0.205. The monoisotopic (exact) mass is 592 g/mol. The second-order valence-corrected chi connectivity index (χ2v) is 10.5. The van der Waals surface area contributed by atoms with Gasteiger partial charge in [-0.15, -0.1) is 0 Å². The van der Waals surface area contributed by atoms with Gasteiger partial charge in [-0.1, -0.05) is 84.9 Å². The third-order valence-electron chi connectivity index (χ3n) is 7.87. The summed E-state index contributed by atoms with van der Waals surface area (Å²) in [6, 6.07) is 28.7. The van der Waals surface area contributed by atoms with Crippen LogP contribution >= 0.6 is 11.9 Å². The molecule has 2 N–H and O–H groups in total. The zero-order valence-corrected chi connectivity index (χ0v) is 23.3. The number of nitrogens with zero attached hydrogens (tertiary/aromatic N) is 6. The van der Waals surface area contributed by atoms with Gasteiger partial charge in [0.1, 0.15) is 34.5 Å². The van der Waals surface area contributed by atoms with Crippen molar-refractivity contribution in [2.24, 2.45) is 0 Å². The lowest BCUT2D eigenvalue weighted by Gasteiger charge is -1.99. The van der Waals surface area contributed by atoms with Crippen molar-refractivity contribution in [2.45, 2.75) is 0 Å². The van der Waals surface area contributed by atoms with Crippen LogP contribution in [-0.4, -0.2) is 45.8 Å². The molecule has 44 heavy (non-hydrogen) atoms. The summed E-state index contributed by atoms with van der Waals surface area (Å²) in [5, 5.41) is 2.93. The van der Waals surface area contributed by atoms with Crippen molar-refractivity contribution in [3.63, 3.8) is 0 Å². The van der Waals surface area contributed by atoms with Gasteiger partial charge in [0, 0.05) is 43.8 Å². The molecule has 0 amide bonds. The minimum atomic E-state index is -0.715. The number of hydrogen-bond donors (Lipinski definition) is 2. The summed E-state index contributed by atoms with van der Waals surface area (Å²) >= 11 is 5.54. The normalized spacial score (nSPS) is 11.8. The molecule has 0 atom stereocenters. The van der Waals surface area contributed by atoms with Crippen molar-refractivity contribution in [2.75, 3.05) is 0 Å². The molecule has 208 valence electrons. The number of aromatic nitrogens is 8. The first-order chi connectivity index (χ1) is 21.7. The third-order valence-corrected chi connectivity index (χ3v) is 8.01. The van der Waals surface area contributed by atoms with E-state index in [1.165, 1.54) is 0 Å². The predicted octanol–water partition coefficient (Wildman–Crippen LogP) is 7.18. The summed E-state index contributed by atoms with van der Waals surface area (Å²) in [5.74, 6) is 1.18. The first kappa shape index (κ1) is 24.6. The molecule has 7 aromatic rings. The van der Waals surface area contributed by atoms with E-state index in [4.69, 9.17) is 41.8 Å². The Labute approximate surface area is 252 Å². The zero-order valence-electron chi connectivity index (χ0n) is 22.5. The number of halogens is 1. The molecule has 0 radical (unpaired) electrons. The lowest BCUT2D eigenvalue weighted by Crippen LogP contribution is -1.98. The Hall–Kier alpha value is -6.00. The molecule has 11 heteroatoms. The second kappa shape index (κ2) is 9.25. The fourth-order valence-corrected chi connectivity index (χ4v) is 5.99. The topological polar surface area (TPSA) is 135 Å². The Bertz CT molecular complexity index is 2530. The Kier molecular flexibility index (Phi) is 5.17. The molecular formula is C33H17ClN8O2. The summed E-state index contributed by atoms with van der Waals surface area (Å²) < 4.78 is 4.60. The Morgan fingerprint density at radius 1 is 0.500 bits per heavy atom. The van der Waals surface area contributed by atoms with Crippen LogP contribution in [0.15, 0.2) is 91.0 Å². The number of carbonyl (C=O) groups excluding carboxylic acids is 1. The van der Waals surface area contributed by atoms with Gasteiger partial charge in [-0.2, -0.15) is 0 Å². The summed E-state index contributed by atoms with van der Waals surface area (Å²) in [6.07, 6.45) is 0. The maximum atomic E-state index is 12.8. The molecule has 9 rings (SSSR count). The van der Waals surface area contributed by atoms with Gasteiger partial charge in [0.2, 0.25) is 0 Å². The largest absolute Gasteiger partial charge is 0.357 e. The number of hydrogen-bond acceptors (Lipinski definition) is 8. The minimum absolute atomic E-state index is 0.230. The van der Waals surface area contributed by atoms with Crippen LogP contribution in [0.1, 0.15) is 10.4 Å².